The minimum atomic E-state index is -0.119. The van der Waals surface area contributed by atoms with Gasteiger partial charge in [0.25, 0.3) is 0 Å². The van der Waals surface area contributed by atoms with Crippen molar-refractivity contribution in [2.45, 2.75) is 19.3 Å². The zero-order chi connectivity index (χ0) is 47.7. The molecule has 11 aromatic rings. The highest BCUT2D eigenvalue weighted by Gasteiger charge is 2.36. The molecule has 8 heteroatoms. The molecule has 0 N–H and O–H groups in total. The van der Waals surface area contributed by atoms with Crippen molar-refractivity contribution in [3.63, 3.8) is 0 Å². The van der Waals surface area contributed by atoms with E-state index in [1.807, 2.05) is 126 Å². The molecule has 1 aliphatic carbocycles. The second kappa shape index (κ2) is 18.3. The first kappa shape index (κ1) is 42.9. The molecule has 71 heavy (non-hydrogen) atoms. The summed E-state index contributed by atoms with van der Waals surface area (Å²) < 4.78 is 0. The Morgan fingerprint density at radius 2 is 0.606 bits per heavy atom. The molecule has 0 atom stereocenters. The van der Waals surface area contributed by atoms with Crippen molar-refractivity contribution in [3.8, 4) is 67.8 Å². The fourth-order valence-electron chi connectivity index (χ4n) is 9.58. The summed E-state index contributed by atoms with van der Waals surface area (Å²) in [5, 5.41) is 0. The number of aromatic nitrogens is 6. The average Bonchev–Trinajstić information content (AvgIpc) is 3.67. The predicted octanol–water partition coefficient (Wildman–Crippen LogP) is 15.6. The highest BCUT2D eigenvalue weighted by atomic mass is 15.4. The maximum atomic E-state index is 5.18. The van der Waals surface area contributed by atoms with Crippen LogP contribution in [0.5, 0.6) is 0 Å². The van der Waals surface area contributed by atoms with Crippen LogP contribution >= 0.6 is 0 Å². The number of para-hydroxylation sites is 1. The first-order valence-corrected chi connectivity index (χ1v) is 23.8. The van der Waals surface area contributed by atoms with Gasteiger partial charge in [-0.15, -0.1) is 0 Å². The van der Waals surface area contributed by atoms with Gasteiger partial charge in [-0.25, -0.2) is 14.9 Å². The molecule has 0 radical (unpaired) electrons. The summed E-state index contributed by atoms with van der Waals surface area (Å²) in [6.07, 6.45) is 0. The Kier molecular flexibility index (Phi) is 11.0. The van der Waals surface area contributed by atoms with Crippen molar-refractivity contribution in [1.29, 1.82) is 0 Å². The normalized spacial score (nSPS) is 12.2. The van der Waals surface area contributed by atoms with Crippen LogP contribution < -0.4 is 9.80 Å². The van der Waals surface area contributed by atoms with Gasteiger partial charge in [0.05, 0.1) is 5.69 Å². The molecule has 12 rings (SSSR count). The summed E-state index contributed by atoms with van der Waals surface area (Å²) in [4.78, 5) is 35.0. The van der Waals surface area contributed by atoms with Gasteiger partial charge in [-0.1, -0.05) is 208 Å². The molecule has 0 saturated heterocycles. The fourth-order valence-corrected chi connectivity index (χ4v) is 9.58. The first-order valence-electron chi connectivity index (χ1n) is 23.8. The molecule has 0 saturated carbocycles. The van der Waals surface area contributed by atoms with Crippen LogP contribution in [0.1, 0.15) is 25.0 Å². The van der Waals surface area contributed by atoms with E-state index in [1.165, 1.54) is 22.3 Å². The monoisotopic (exact) mass is 914 g/mol. The molecular weight excluding hydrogens is 869 g/mol. The number of hydrogen-bond donors (Lipinski definition) is 0. The lowest BCUT2D eigenvalue weighted by molar-refractivity contribution is 0.660. The van der Waals surface area contributed by atoms with Gasteiger partial charge in [0.1, 0.15) is 0 Å². The lowest BCUT2D eigenvalue weighted by Gasteiger charge is -2.28. The minimum Gasteiger partial charge on any atom is -0.310 e. The van der Waals surface area contributed by atoms with Crippen LogP contribution in [0, 0.1) is 0 Å². The van der Waals surface area contributed by atoms with E-state index in [1.54, 1.807) is 0 Å². The van der Waals surface area contributed by atoms with Crippen LogP contribution in [0.4, 0.5) is 34.6 Å². The Morgan fingerprint density at radius 3 is 1.04 bits per heavy atom. The quantitative estimate of drug-likeness (QED) is 0.127. The van der Waals surface area contributed by atoms with E-state index >= 15 is 0 Å². The largest absolute Gasteiger partial charge is 0.310 e. The highest BCUT2D eigenvalue weighted by molar-refractivity contribution is 5.86. The summed E-state index contributed by atoms with van der Waals surface area (Å²) >= 11 is 0. The van der Waals surface area contributed by atoms with Gasteiger partial charge < -0.3 is 4.90 Å². The van der Waals surface area contributed by atoms with Crippen LogP contribution in [0.3, 0.4) is 0 Å². The summed E-state index contributed by atoms with van der Waals surface area (Å²) in [5.74, 6) is 2.81. The van der Waals surface area contributed by atoms with Crippen LogP contribution in [-0.4, -0.2) is 29.9 Å². The van der Waals surface area contributed by atoms with E-state index in [0.29, 0.717) is 35.2 Å². The van der Waals surface area contributed by atoms with Crippen LogP contribution in [-0.2, 0) is 5.41 Å². The Balaban J connectivity index is 0.962. The van der Waals surface area contributed by atoms with E-state index < -0.39 is 0 Å². The van der Waals surface area contributed by atoms with E-state index in [0.717, 1.165) is 56.1 Å². The van der Waals surface area contributed by atoms with Crippen molar-refractivity contribution in [2.24, 2.45) is 0 Å². The van der Waals surface area contributed by atoms with Crippen molar-refractivity contribution < 1.29 is 0 Å². The molecule has 1 aliphatic rings. The number of anilines is 6. The van der Waals surface area contributed by atoms with Crippen LogP contribution in [0.15, 0.2) is 243 Å². The Labute approximate surface area is 413 Å². The molecule has 0 spiro atoms. The summed E-state index contributed by atoms with van der Waals surface area (Å²) in [6, 6.07) is 83.4. The lowest BCUT2D eigenvalue weighted by atomic mass is 9.82. The second-order valence-corrected chi connectivity index (χ2v) is 18.0. The Morgan fingerprint density at radius 1 is 0.268 bits per heavy atom. The number of hydrogen-bond acceptors (Lipinski definition) is 8. The number of rotatable bonds is 11. The van der Waals surface area contributed by atoms with Gasteiger partial charge in [-0.3, -0.25) is 0 Å². The van der Waals surface area contributed by atoms with Crippen molar-refractivity contribution >= 4 is 34.6 Å². The third-order valence-electron chi connectivity index (χ3n) is 13.2. The topological polar surface area (TPSA) is 83.8 Å². The summed E-state index contributed by atoms with van der Waals surface area (Å²) in [6.45, 7) is 4.66. The van der Waals surface area contributed by atoms with Crippen LogP contribution in [0.25, 0.3) is 67.8 Å². The van der Waals surface area contributed by atoms with Gasteiger partial charge in [-0.2, -0.15) is 19.9 Å². The highest BCUT2D eigenvalue weighted by Crippen LogP contribution is 2.50. The summed E-state index contributed by atoms with van der Waals surface area (Å²) in [7, 11) is 0. The molecule has 9 aromatic carbocycles. The molecule has 0 unspecified atom stereocenters. The SMILES string of the molecule is CC1(C)c2ccccc2-c2ccc(N(c3ccccc3)c3ccc(-c4ccc(N(c5nc(-c6ccccc6)nc(-c6ccccc6)n5)c5nc(-c6ccccc6)nc(-c6ccccc6)n5)cc4)cc3)cc21. The van der Waals surface area contributed by atoms with Crippen LogP contribution in [0.2, 0.25) is 0 Å². The van der Waals surface area contributed by atoms with Crippen molar-refractivity contribution in [2.75, 3.05) is 9.80 Å². The molecule has 0 bridgehead atoms. The maximum absolute atomic E-state index is 5.18. The third kappa shape index (κ3) is 8.27. The standard InChI is InChI=1S/C63H46N8/c1-63(2)55-31-19-18-30-53(55)54-41-40-52(42-56(54)63)70(49-28-16-7-17-29-49)50-36-32-43(33-37-50)44-34-38-51(39-35-44)71(61-66-57(45-20-8-3-9-21-45)64-58(67-61)46-22-10-4-11-23-46)62-68-59(47-24-12-5-13-25-47)65-60(69-62)48-26-14-6-15-27-48/h3-42H,1-2H3. The zero-order valence-electron chi connectivity index (χ0n) is 39.2. The molecule has 2 heterocycles. The molecule has 338 valence electrons. The summed E-state index contributed by atoms with van der Waals surface area (Å²) in [5.41, 5.74) is 14.7. The molecular formula is C63H46N8. The smallest absolute Gasteiger partial charge is 0.241 e. The Hall–Kier alpha value is -9.40. The van der Waals surface area contributed by atoms with E-state index in [9.17, 15) is 0 Å². The maximum Gasteiger partial charge on any atom is 0.241 e. The Bertz CT molecular complexity index is 3400. The molecule has 8 nitrogen and oxygen atoms in total. The molecule has 0 aliphatic heterocycles. The number of nitrogens with zero attached hydrogens (tertiary/aromatic N) is 8. The van der Waals surface area contributed by atoms with Gasteiger partial charge in [0.15, 0.2) is 23.3 Å². The number of benzene rings is 9. The van der Waals surface area contributed by atoms with E-state index in [4.69, 9.17) is 29.9 Å². The van der Waals surface area contributed by atoms with E-state index in [-0.39, 0.29) is 5.41 Å². The van der Waals surface area contributed by atoms with Gasteiger partial charge in [0.2, 0.25) is 11.9 Å². The number of fused-ring (bicyclic) bond motifs is 3. The first-order chi connectivity index (χ1) is 34.9. The van der Waals surface area contributed by atoms with E-state index in [2.05, 4.69) is 140 Å². The molecule has 0 fully saturated rings. The van der Waals surface area contributed by atoms with Gasteiger partial charge in [-0.05, 0) is 81.9 Å². The third-order valence-corrected chi connectivity index (χ3v) is 13.2. The lowest BCUT2D eigenvalue weighted by Crippen LogP contribution is -2.19. The molecule has 0 amide bonds. The van der Waals surface area contributed by atoms with Gasteiger partial charge >= 0.3 is 0 Å². The predicted molar refractivity (Wildman–Crippen MR) is 287 cm³/mol. The second-order valence-electron chi connectivity index (χ2n) is 18.0. The van der Waals surface area contributed by atoms with Crippen molar-refractivity contribution in [1.82, 2.24) is 29.9 Å². The zero-order valence-corrected chi connectivity index (χ0v) is 39.2. The average molecular weight is 915 g/mol. The van der Waals surface area contributed by atoms with Crippen molar-refractivity contribution in [3.05, 3.63) is 254 Å². The molecule has 2 aromatic heterocycles. The fraction of sp³-hybridized carbons (Fsp3) is 0.0476. The minimum absolute atomic E-state index is 0.119. The van der Waals surface area contributed by atoms with Gasteiger partial charge in [0, 0.05) is 44.7 Å².